The van der Waals surface area contributed by atoms with Crippen LogP contribution in [0.5, 0.6) is 0 Å². The average molecular weight is 318 g/mol. The summed E-state index contributed by atoms with van der Waals surface area (Å²) in [6.45, 7) is 0. The maximum absolute atomic E-state index is 5.03. The maximum Gasteiger partial charge on any atom is 0.244 e. The Morgan fingerprint density at radius 3 is 3.10 bits per heavy atom. The van der Waals surface area contributed by atoms with Crippen LogP contribution in [0.1, 0.15) is 0 Å². The summed E-state index contributed by atoms with van der Waals surface area (Å²) in [4.78, 5) is 0. The molecule has 0 saturated heterocycles. The quantitative estimate of drug-likeness (QED) is 0.713. The van der Waals surface area contributed by atoms with Crippen LogP contribution >= 0.6 is 0 Å². The molecule has 5 heteroatoms. The standard InChI is InChI=1S/C5H5N3O.Pt/c1-8-5-4(6-7-8)2-3-9-5;/h2-3H,1H3;. The van der Waals surface area contributed by atoms with E-state index in [1.807, 2.05) is 0 Å². The first-order chi connectivity index (χ1) is 4.38. The molecule has 0 N–H and O–H groups in total. The summed E-state index contributed by atoms with van der Waals surface area (Å²) in [5.74, 6) is 0. The topological polar surface area (TPSA) is 43.9 Å². The van der Waals surface area contributed by atoms with E-state index in [2.05, 4.69) is 10.3 Å². The van der Waals surface area contributed by atoms with E-state index in [-0.39, 0.29) is 21.1 Å². The Hall–Kier alpha value is -0.632. The van der Waals surface area contributed by atoms with Crippen LogP contribution in [0.15, 0.2) is 16.7 Å². The molecule has 0 aliphatic rings. The molecule has 0 fully saturated rings. The van der Waals surface area contributed by atoms with Crippen molar-refractivity contribution in [1.29, 1.82) is 0 Å². The first kappa shape index (κ1) is 7.48. The van der Waals surface area contributed by atoms with Crippen molar-refractivity contribution < 1.29 is 25.5 Å². The first-order valence-electron chi connectivity index (χ1n) is 2.61. The Balaban J connectivity index is 0.000000500. The van der Waals surface area contributed by atoms with Crippen LogP contribution in [0.3, 0.4) is 0 Å². The molecule has 10 heavy (non-hydrogen) atoms. The maximum atomic E-state index is 5.03. The summed E-state index contributed by atoms with van der Waals surface area (Å²) in [5.41, 5.74) is 1.52. The molecule has 56 valence electrons. The van der Waals surface area contributed by atoms with Crippen LogP contribution in [0.2, 0.25) is 0 Å². The third-order valence-electron chi connectivity index (χ3n) is 1.21. The van der Waals surface area contributed by atoms with Crippen molar-refractivity contribution >= 4 is 11.2 Å². The van der Waals surface area contributed by atoms with Crippen LogP contribution in [-0.4, -0.2) is 15.0 Å². The van der Waals surface area contributed by atoms with Crippen molar-refractivity contribution in [3.8, 4) is 0 Å². The van der Waals surface area contributed by atoms with Gasteiger partial charge in [0, 0.05) is 34.2 Å². The molecule has 0 atom stereocenters. The predicted molar refractivity (Wildman–Crippen MR) is 30.8 cm³/mol. The van der Waals surface area contributed by atoms with Gasteiger partial charge in [-0.25, -0.2) is 4.68 Å². The van der Waals surface area contributed by atoms with Gasteiger partial charge < -0.3 is 4.42 Å². The third-order valence-corrected chi connectivity index (χ3v) is 1.21. The Labute approximate surface area is 71.5 Å². The molecule has 2 rings (SSSR count). The zero-order valence-electron chi connectivity index (χ0n) is 5.22. The van der Waals surface area contributed by atoms with E-state index in [1.165, 1.54) is 0 Å². The number of aryl methyl sites for hydroxylation is 1. The molecule has 0 radical (unpaired) electrons. The van der Waals surface area contributed by atoms with E-state index in [9.17, 15) is 0 Å². The Morgan fingerprint density at radius 2 is 2.40 bits per heavy atom. The second-order valence-corrected chi connectivity index (χ2v) is 1.82. The van der Waals surface area contributed by atoms with Crippen molar-refractivity contribution in [3.05, 3.63) is 12.3 Å². The smallest absolute Gasteiger partial charge is 0.244 e. The molecule has 0 spiro atoms. The molecule has 4 nitrogen and oxygen atoms in total. The van der Waals surface area contributed by atoms with Gasteiger partial charge in [-0.3, -0.25) is 0 Å². The van der Waals surface area contributed by atoms with Crippen molar-refractivity contribution in [2.24, 2.45) is 7.05 Å². The fraction of sp³-hybridized carbons (Fsp3) is 0.200. The molecule has 0 saturated carbocycles. The minimum absolute atomic E-state index is 0. The molecule has 0 aliphatic heterocycles. The normalized spacial score (nSPS) is 9.70. The van der Waals surface area contributed by atoms with Crippen molar-refractivity contribution in [3.63, 3.8) is 0 Å². The molecule has 2 aromatic rings. The minimum Gasteiger partial charge on any atom is -0.445 e. The van der Waals surface area contributed by atoms with Gasteiger partial charge in [0.05, 0.1) is 6.26 Å². The summed E-state index contributed by atoms with van der Waals surface area (Å²) in [6, 6.07) is 1.78. The van der Waals surface area contributed by atoms with Crippen LogP contribution in [-0.2, 0) is 28.1 Å². The van der Waals surface area contributed by atoms with Gasteiger partial charge in [-0.1, -0.05) is 5.21 Å². The van der Waals surface area contributed by atoms with E-state index < -0.39 is 0 Å². The van der Waals surface area contributed by atoms with E-state index in [4.69, 9.17) is 4.42 Å². The number of aromatic nitrogens is 3. The molecular formula is C5H5N3OPt. The van der Waals surface area contributed by atoms with Crippen LogP contribution in [0.4, 0.5) is 0 Å². The van der Waals surface area contributed by atoms with E-state index in [0.29, 0.717) is 0 Å². The molecule has 0 aromatic carbocycles. The summed E-state index contributed by atoms with van der Waals surface area (Å²) < 4.78 is 6.62. The molecular weight excluding hydrogens is 313 g/mol. The zero-order valence-corrected chi connectivity index (χ0v) is 7.49. The van der Waals surface area contributed by atoms with Crippen molar-refractivity contribution in [2.45, 2.75) is 0 Å². The number of hydrogen-bond donors (Lipinski definition) is 0. The minimum atomic E-state index is 0. The van der Waals surface area contributed by atoms with Crippen molar-refractivity contribution in [1.82, 2.24) is 15.0 Å². The van der Waals surface area contributed by atoms with Gasteiger partial charge in [-0.05, 0) is 0 Å². The first-order valence-corrected chi connectivity index (χ1v) is 2.61. The van der Waals surface area contributed by atoms with Crippen LogP contribution < -0.4 is 0 Å². The molecule has 0 aliphatic carbocycles. The van der Waals surface area contributed by atoms with Gasteiger partial charge >= 0.3 is 0 Å². The van der Waals surface area contributed by atoms with Crippen molar-refractivity contribution in [2.75, 3.05) is 0 Å². The van der Waals surface area contributed by atoms with E-state index in [1.54, 1.807) is 24.1 Å². The number of nitrogens with zero attached hydrogens (tertiary/aromatic N) is 3. The molecule has 0 amide bonds. The predicted octanol–water partition coefficient (Wildman–Crippen LogP) is 0.559. The fourth-order valence-corrected chi connectivity index (χ4v) is 0.769. The summed E-state index contributed by atoms with van der Waals surface area (Å²) in [6.07, 6.45) is 1.60. The number of fused-ring (bicyclic) bond motifs is 1. The van der Waals surface area contributed by atoms with Crippen LogP contribution in [0, 0.1) is 0 Å². The number of rotatable bonds is 0. The zero-order chi connectivity index (χ0) is 6.27. The second kappa shape index (κ2) is 2.54. The van der Waals surface area contributed by atoms with E-state index in [0.717, 1.165) is 11.2 Å². The monoisotopic (exact) mass is 318 g/mol. The van der Waals surface area contributed by atoms with Gasteiger partial charge in [0.2, 0.25) is 5.71 Å². The molecule has 0 unspecified atom stereocenters. The van der Waals surface area contributed by atoms with Gasteiger partial charge in [0.25, 0.3) is 0 Å². The van der Waals surface area contributed by atoms with Gasteiger partial charge in [0.15, 0.2) is 5.52 Å². The van der Waals surface area contributed by atoms with Gasteiger partial charge in [0.1, 0.15) is 0 Å². The Kier molecular flexibility index (Phi) is 1.90. The largest absolute Gasteiger partial charge is 0.445 e. The molecule has 0 bridgehead atoms. The van der Waals surface area contributed by atoms with Gasteiger partial charge in [-0.15, -0.1) is 5.10 Å². The summed E-state index contributed by atoms with van der Waals surface area (Å²) in [5, 5.41) is 7.53. The Bertz CT molecular complexity index is 326. The number of hydrogen-bond acceptors (Lipinski definition) is 3. The fourth-order valence-electron chi connectivity index (χ4n) is 0.769. The molecule has 2 aromatic heterocycles. The molecule has 2 heterocycles. The van der Waals surface area contributed by atoms with E-state index >= 15 is 0 Å². The average Bonchev–Trinajstić information content (AvgIpc) is 2.35. The third kappa shape index (κ3) is 0.886. The number of furan rings is 1. The SMILES string of the molecule is Cn1nnc2ccoc21.[Pt]. The Morgan fingerprint density at radius 1 is 1.60 bits per heavy atom. The summed E-state index contributed by atoms with van der Waals surface area (Å²) in [7, 11) is 1.79. The second-order valence-electron chi connectivity index (χ2n) is 1.82. The van der Waals surface area contributed by atoms with Crippen LogP contribution in [0.25, 0.3) is 11.2 Å². The van der Waals surface area contributed by atoms with Gasteiger partial charge in [-0.2, -0.15) is 0 Å². The summed E-state index contributed by atoms with van der Waals surface area (Å²) >= 11 is 0.